The summed E-state index contributed by atoms with van der Waals surface area (Å²) in [5.74, 6) is 0.450. The normalized spacial score (nSPS) is 9.64. The number of nitrogens with zero attached hydrogens (tertiary/aromatic N) is 2. The number of rotatable bonds is 3. The fraction of sp³-hybridized carbons (Fsp3) is 0.333. The second kappa shape index (κ2) is 4.23. The first-order valence-electron chi connectivity index (χ1n) is 3.10. The molecular formula is C6H7BrFN3. The van der Waals surface area contributed by atoms with Crippen molar-refractivity contribution in [2.75, 3.05) is 18.5 Å². The molecule has 1 aromatic rings. The minimum atomic E-state index is -0.417. The van der Waals surface area contributed by atoms with Crippen LogP contribution in [0.2, 0.25) is 0 Å². The SMILES string of the molecule is FCCNc1ncc(Br)cn1. The number of halogens is 2. The van der Waals surface area contributed by atoms with E-state index in [0.717, 1.165) is 4.47 Å². The van der Waals surface area contributed by atoms with Gasteiger partial charge in [-0.2, -0.15) is 0 Å². The van der Waals surface area contributed by atoms with Crippen molar-refractivity contribution < 1.29 is 4.39 Å². The Morgan fingerprint density at radius 2 is 2.09 bits per heavy atom. The topological polar surface area (TPSA) is 37.8 Å². The van der Waals surface area contributed by atoms with Crippen LogP contribution in [0.3, 0.4) is 0 Å². The molecule has 0 fully saturated rings. The van der Waals surface area contributed by atoms with Gasteiger partial charge in [0.1, 0.15) is 6.67 Å². The van der Waals surface area contributed by atoms with Gasteiger partial charge in [-0.3, -0.25) is 0 Å². The summed E-state index contributed by atoms with van der Waals surface area (Å²) < 4.78 is 12.4. The van der Waals surface area contributed by atoms with E-state index in [0.29, 0.717) is 5.95 Å². The van der Waals surface area contributed by atoms with Gasteiger partial charge in [0.05, 0.1) is 4.47 Å². The molecule has 0 aromatic carbocycles. The zero-order valence-electron chi connectivity index (χ0n) is 5.72. The molecule has 0 spiro atoms. The third-order valence-electron chi connectivity index (χ3n) is 0.998. The van der Waals surface area contributed by atoms with Gasteiger partial charge >= 0.3 is 0 Å². The summed E-state index contributed by atoms with van der Waals surface area (Å²) in [7, 11) is 0. The smallest absolute Gasteiger partial charge is 0.222 e. The molecule has 1 rings (SSSR count). The molecular weight excluding hydrogens is 213 g/mol. The fourth-order valence-corrected chi connectivity index (χ4v) is 0.767. The Labute approximate surface area is 72.2 Å². The van der Waals surface area contributed by atoms with Crippen molar-refractivity contribution in [1.82, 2.24) is 9.97 Å². The maximum atomic E-state index is 11.6. The Kier molecular flexibility index (Phi) is 3.22. The van der Waals surface area contributed by atoms with Crippen molar-refractivity contribution in [1.29, 1.82) is 0 Å². The molecule has 1 N–H and O–H groups in total. The summed E-state index contributed by atoms with van der Waals surface area (Å²) in [6.07, 6.45) is 3.21. The van der Waals surface area contributed by atoms with Crippen molar-refractivity contribution in [3.63, 3.8) is 0 Å². The van der Waals surface area contributed by atoms with E-state index in [9.17, 15) is 4.39 Å². The van der Waals surface area contributed by atoms with E-state index in [1.165, 1.54) is 0 Å². The number of anilines is 1. The Morgan fingerprint density at radius 1 is 1.45 bits per heavy atom. The molecule has 0 aliphatic carbocycles. The maximum absolute atomic E-state index is 11.6. The molecule has 0 aliphatic rings. The molecule has 0 amide bonds. The lowest BCUT2D eigenvalue weighted by Crippen LogP contribution is -2.05. The molecule has 0 aliphatic heterocycles. The zero-order chi connectivity index (χ0) is 8.10. The van der Waals surface area contributed by atoms with Crippen LogP contribution >= 0.6 is 15.9 Å². The molecule has 60 valence electrons. The number of alkyl halides is 1. The largest absolute Gasteiger partial charge is 0.352 e. The van der Waals surface area contributed by atoms with Gasteiger partial charge in [0.25, 0.3) is 0 Å². The molecule has 1 heterocycles. The molecule has 3 nitrogen and oxygen atoms in total. The van der Waals surface area contributed by atoms with Gasteiger partial charge in [0.15, 0.2) is 0 Å². The summed E-state index contributed by atoms with van der Waals surface area (Å²) in [6.45, 7) is -0.166. The van der Waals surface area contributed by atoms with Crippen molar-refractivity contribution in [2.24, 2.45) is 0 Å². The van der Waals surface area contributed by atoms with Gasteiger partial charge in [-0.1, -0.05) is 0 Å². The average molecular weight is 220 g/mol. The molecule has 0 saturated carbocycles. The van der Waals surface area contributed by atoms with Gasteiger partial charge in [-0.15, -0.1) is 0 Å². The summed E-state index contributed by atoms with van der Waals surface area (Å²) in [5.41, 5.74) is 0. The molecule has 0 saturated heterocycles. The minimum absolute atomic E-state index is 0.252. The third-order valence-corrected chi connectivity index (χ3v) is 1.41. The van der Waals surface area contributed by atoms with Crippen LogP contribution in [0.1, 0.15) is 0 Å². The lowest BCUT2D eigenvalue weighted by atomic mass is 10.6. The molecule has 0 atom stereocenters. The number of nitrogens with one attached hydrogen (secondary N) is 1. The first kappa shape index (κ1) is 8.39. The number of aromatic nitrogens is 2. The van der Waals surface area contributed by atoms with Crippen LogP contribution in [0.15, 0.2) is 16.9 Å². The standard InChI is InChI=1S/C6H7BrFN3/c7-5-3-10-6(11-4-5)9-2-1-8/h3-4H,1-2H2,(H,9,10,11). The van der Waals surface area contributed by atoms with Crippen LogP contribution in [-0.2, 0) is 0 Å². The van der Waals surface area contributed by atoms with E-state index in [1.807, 2.05) is 0 Å². The molecule has 5 heteroatoms. The van der Waals surface area contributed by atoms with Crippen molar-refractivity contribution in [3.8, 4) is 0 Å². The van der Waals surface area contributed by atoms with Crippen molar-refractivity contribution in [3.05, 3.63) is 16.9 Å². The van der Waals surface area contributed by atoms with Crippen LogP contribution < -0.4 is 5.32 Å². The molecule has 11 heavy (non-hydrogen) atoms. The van der Waals surface area contributed by atoms with E-state index < -0.39 is 6.67 Å². The van der Waals surface area contributed by atoms with Crippen LogP contribution in [0.5, 0.6) is 0 Å². The van der Waals surface area contributed by atoms with E-state index in [2.05, 4.69) is 31.2 Å². The van der Waals surface area contributed by atoms with E-state index in [1.54, 1.807) is 12.4 Å². The highest BCUT2D eigenvalue weighted by Crippen LogP contribution is 2.06. The number of hydrogen-bond donors (Lipinski definition) is 1. The third kappa shape index (κ3) is 2.80. The first-order chi connectivity index (χ1) is 5.33. The number of hydrogen-bond acceptors (Lipinski definition) is 3. The van der Waals surface area contributed by atoms with Crippen LogP contribution in [0, 0.1) is 0 Å². The lowest BCUT2D eigenvalue weighted by molar-refractivity contribution is 0.512. The predicted molar refractivity (Wildman–Crippen MR) is 44.2 cm³/mol. The van der Waals surface area contributed by atoms with E-state index >= 15 is 0 Å². The Bertz CT molecular complexity index is 214. The Morgan fingerprint density at radius 3 is 2.64 bits per heavy atom. The Balaban J connectivity index is 2.52. The Hall–Kier alpha value is -0.710. The fourth-order valence-electron chi connectivity index (χ4n) is 0.563. The molecule has 0 radical (unpaired) electrons. The summed E-state index contributed by atoms with van der Waals surface area (Å²) >= 11 is 3.19. The van der Waals surface area contributed by atoms with Gasteiger partial charge in [0, 0.05) is 18.9 Å². The minimum Gasteiger partial charge on any atom is -0.352 e. The van der Waals surface area contributed by atoms with Crippen LogP contribution in [0.4, 0.5) is 10.3 Å². The quantitative estimate of drug-likeness (QED) is 0.840. The lowest BCUT2D eigenvalue weighted by Gasteiger charge is -1.99. The van der Waals surface area contributed by atoms with E-state index in [-0.39, 0.29) is 6.54 Å². The van der Waals surface area contributed by atoms with Gasteiger partial charge < -0.3 is 5.32 Å². The predicted octanol–water partition coefficient (Wildman–Crippen LogP) is 1.62. The summed E-state index contributed by atoms with van der Waals surface area (Å²) in [6, 6.07) is 0. The average Bonchev–Trinajstić information content (AvgIpc) is 2.04. The first-order valence-corrected chi connectivity index (χ1v) is 3.89. The van der Waals surface area contributed by atoms with Crippen molar-refractivity contribution >= 4 is 21.9 Å². The second-order valence-corrected chi connectivity index (χ2v) is 2.76. The highest BCUT2D eigenvalue weighted by Gasteiger charge is 1.92. The molecule has 0 unspecified atom stereocenters. The van der Waals surface area contributed by atoms with Crippen molar-refractivity contribution in [2.45, 2.75) is 0 Å². The summed E-state index contributed by atoms with van der Waals surface area (Å²) in [5, 5.41) is 2.70. The summed E-state index contributed by atoms with van der Waals surface area (Å²) in [4.78, 5) is 7.76. The molecule has 1 aromatic heterocycles. The zero-order valence-corrected chi connectivity index (χ0v) is 7.31. The highest BCUT2D eigenvalue weighted by molar-refractivity contribution is 9.10. The van der Waals surface area contributed by atoms with Crippen LogP contribution in [0.25, 0.3) is 0 Å². The van der Waals surface area contributed by atoms with Gasteiger partial charge in [0.2, 0.25) is 5.95 Å². The van der Waals surface area contributed by atoms with Gasteiger partial charge in [-0.25, -0.2) is 14.4 Å². The highest BCUT2D eigenvalue weighted by atomic mass is 79.9. The van der Waals surface area contributed by atoms with Gasteiger partial charge in [-0.05, 0) is 15.9 Å². The maximum Gasteiger partial charge on any atom is 0.222 e. The monoisotopic (exact) mass is 219 g/mol. The van der Waals surface area contributed by atoms with Crippen LogP contribution in [-0.4, -0.2) is 23.2 Å². The van der Waals surface area contributed by atoms with E-state index in [4.69, 9.17) is 0 Å². The second-order valence-electron chi connectivity index (χ2n) is 1.84. The molecule has 0 bridgehead atoms.